The van der Waals surface area contributed by atoms with Crippen molar-refractivity contribution < 1.29 is 5.11 Å². The highest BCUT2D eigenvalue weighted by Gasteiger charge is 2.09. The molecule has 2 nitrogen and oxygen atoms in total. The summed E-state index contributed by atoms with van der Waals surface area (Å²) < 4.78 is 0. The van der Waals surface area contributed by atoms with Gasteiger partial charge in [0.15, 0.2) is 0 Å². The van der Waals surface area contributed by atoms with Crippen molar-refractivity contribution in [3.63, 3.8) is 0 Å². The summed E-state index contributed by atoms with van der Waals surface area (Å²) in [6.07, 6.45) is 1.33. The molecule has 0 saturated carbocycles. The van der Waals surface area contributed by atoms with Crippen LogP contribution in [0.15, 0.2) is 30.5 Å². The summed E-state index contributed by atoms with van der Waals surface area (Å²) in [4.78, 5) is 4.25. The van der Waals surface area contributed by atoms with Crippen molar-refractivity contribution in [1.29, 1.82) is 0 Å². The molecule has 0 aliphatic carbocycles. The molecule has 14 heavy (non-hydrogen) atoms. The molecule has 1 heterocycles. The third-order valence-corrected chi connectivity index (χ3v) is 2.46. The maximum Gasteiger partial charge on any atom is 0.0771 e. The summed E-state index contributed by atoms with van der Waals surface area (Å²) in [6.45, 7) is 3.79. The molecule has 0 radical (unpaired) electrons. The quantitative estimate of drug-likeness (QED) is 0.744. The average molecular weight is 187 g/mol. The van der Waals surface area contributed by atoms with Crippen LogP contribution in [0.1, 0.15) is 24.2 Å². The van der Waals surface area contributed by atoms with E-state index in [1.165, 1.54) is 0 Å². The third kappa shape index (κ3) is 1.38. The lowest BCUT2D eigenvalue weighted by atomic mass is 9.99. The molecule has 0 aliphatic rings. The zero-order valence-electron chi connectivity index (χ0n) is 8.36. The maximum absolute atomic E-state index is 9.67. The molecule has 0 amide bonds. The topological polar surface area (TPSA) is 33.1 Å². The monoisotopic (exact) mass is 187 g/mol. The molecule has 1 aromatic carbocycles. The Kier molecular flexibility index (Phi) is 2.22. The number of nitrogens with zero attached hydrogens (tertiary/aromatic N) is 1. The van der Waals surface area contributed by atoms with Gasteiger partial charge in [0.25, 0.3) is 0 Å². The van der Waals surface area contributed by atoms with Crippen LogP contribution in [-0.2, 0) is 0 Å². The minimum atomic E-state index is -0.442. The van der Waals surface area contributed by atoms with Crippen molar-refractivity contribution in [3.8, 4) is 0 Å². The van der Waals surface area contributed by atoms with Crippen LogP contribution in [0, 0.1) is 6.92 Å². The summed E-state index contributed by atoms with van der Waals surface area (Å²) in [5.41, 5.74) is 3.03. The molecular formula is C12H13NO. The van der Waals surface area contributed by atoms with Gasteiger partial charge in [-0.1, -0.05) is 12.1 Å². The van der Waals surface area contributed by atoms with E-state index in [1.807, 2.05) is 31.2 Å². The predicted octanol–water partition coefficient (Wildman–Crippen LogP) is 2.60. The third-order valence-electron chi connectivity index (χ3n) is 2.46. The van der Waals surface area contributed by atoms with Crippen LogP contribution in [0.3, 0.4) is 0 Å². The Labute approximate surface area is 83.2 Å². The zero-order valence-corrected chi connectivity index (χ0v) is 8.36. The zero-order chi connectivity index (χ0) is 10.1. The van der Waals surface area contributed by atoms with Crippen molar-refractivity contribution in [2.24, 2.45) is 0 Å². The highest BCUT2D eigenvalue weighted by molar-refractivity contribution is 5.83. The van der Waals surface area contributed by atoms with Crippen molar-refractivity contribution in [1.82, 2.24) is 4.98 Å². The Hall–Kier alpha value is -1.41. The lowest BCUT2D eigenvalue weighted by molar-refractivity contribution is 0.200. The van der Waals surface area contributed by atoms with Crippen LogP contribution in [0.5, 0.6) is 0 Å². The maximum atomic E-state index is 9.67. The van der Waals surface area contributed by atoms with Crippen LogP contribution in [0.4, 0.5) is 0 Å². The van der Waals surface area contributed by atoms with Gasteiger partial charge in [-0.25, -0.2) is 0 Å². The van der Waals surface area contributed by atoms with E-state index in [1.54, 1.807) is 13.1 Å². The van der Waals surface area contributed by atoms with E-state index in [2.05, 4.69) is 4.98 Å². The highest BCUT2D eigenvalue weighted by Crippen LogP contribution is 2.25. The fourth-order valence-corrected chi connectivity index (χ4v) is 1.84. The largest absolute Gasteiger partial charge is 0.389 e. The standard InChI is InChI=1S/C12H13NO/c1-8-5-6-11-10(4-3-7-13-11)12(8)9(2)14/h3-7,9,14H,1-2H3. The number of aliphatic hydroxyl groups is 1. The van der Waals surface area contributed by atoms with E-state index in [0.717, 1.165) is 22.0 Å². The highest BCUT2D eigenvalue weighted by atomic mass is 16.3. The fourth-order valence-electron chi connectivity index (χ4n) is 1.84. The van der Waals surface area contributed by atoms with Crippen molar-refractivity contribution in [3.05, 3.63) is 41.6 Å². The number of aromatic nitrogens is 1. The SMILES string of the molecule is Cc1ccc2ncccc2c1C(C)O. The van der Waals surface area contributed by atoms with Gasteiger partial charge in [0, 0.05) is 11.6 Å². The number of aryl methyl sites for hydroxylation is 1. The average Bonchev–Trinajstić information content (AvgIpc) is 2.17. The minimum absolute atomic E-state index is 0.442. The first-order valence-electron chi connectivity index (χ1n) is 4.72. The number of fused-ring (bicyclic) bond motifs is 1. The Morgan fingerprint density at radius 1 is 1.29 bits per heavy atom. The van der Waals surface area contributed by atoms with Crippen LogP contribution in [-0.4, -0.2) is 10.1 Å². The second kappa shape index (κ2) is 3.39. The second-order valence-corrected chi connectivity index (χ2v) is 3.54. The van der Waals surface area contributed by atoms with Crippen LogP contribution >= 0.6 is 0 Å². The fraction of sp³-hybridized carbons (Fsp3) is 0.250. The first-order valence-corrected chi connectivity index (χ1v) is 4.72. The number of rotatable bonds is 1. The summed E-state index contributed by atoms with van der Waals surface area (Å²) in [5, 5.41) is 10.7. The minimum Gasteiger partial charge on any atom is -0.389 e. The van der Waals surface area contributed by atoms with Gasteiger partial charge in [-0.2, -0.15) is 0 Å². The molecule has 2 heteroatoms. The van der Waals surface area contributed by atoms with Gasteiger partial charge in [-0.05, 0) is 37.1 Å². The van der Waals surface area contributed by atoms with E-state index in [9.17, 15) is 5.11 Å². The summed E-state index contributed by atoms with van der Waals surface area (Å²) in [5.74, 6) is 0. The summed E-state index contributed by atoms with van der Waals surface area (Å²) in [7, 11) is 0. The van der Waals surface area contributed by atoms with Gasteiger partial charge in [-0.3, -0.25) is 4.98 Å². The number of benzene rings is 1. The first kappa shape index (κ1) is 9.16. The lowest BCUT2D eigenvalue weighted by Crippen LogP contribution is -1.96. The van der Waals surface area contributed by atoms with Gasteiger partial charge >= 0.3 is 0 Å². The summed E-state index contributed by atoms with van der Waals surface area (Å²) in [6, 6.07) is 7.87. The first-order chi connectivity index (χ1) is 6.70. The van der Waals surface area contributed by atoms with E-state index in [-0.39, 0.29) is 0 Å². The van der Waals surface area contributed by atoms with Crippen molar-refractivity contribution in [2.45, 2.75) is 20.0 Å². The second-order valence-electron chi connectivity index (χ2n) is 3.54. The van der Waals surface area contributed by atoms with Crippen molar-refractivity contribution in [2.75, 3.05) is 0 Å². The van der Waals surface area contributed by atoms with Crippen LogP contribution in [0.25, 0.3) is 10.9 Å². The lowest BCUT2D eigenvalue weighted by Gasteiger charge is -2.11. The van der Waals surface area contributed by atoms with Gasteiger partial charge in [0.1, 0.15) is 0 Å². The van der Waals surface area contributed by atoms with E-state index in [0.29, 0.717) is 0 Å². The Bertz CT molecular complexity index is 463. The number of hydrogen-bond donors (Lipinski definition) is 1. The Morgan fingerprint density at radius 2 is 2.07 bits per heavy atom. The van der Waals surface area contributed by atoms with E-state index < -0.39 is 6.10 Å². The molecule has 0 aliphatic heterocycles. The van der Waals surface area contributed by atoms with Gasteiger partial charge in [0.2, 0.25) is 0 Å². The van der Waals surface area contributed by atoms with Crippen molar-refractivity contribution >= 4 is 10.9 Å². The molecule has 72 valence electrons. The number of pyridine rings is 1. The molecule has 0 spiro atoms. The molecule has 1 aromatic heterocycles. The molecule has 0 saturated heterocycles. The van der Waals surface area contributed by atoms with Gasteiger partial charge < -0.3 is 5.11 Å². The normalized spacial score (nSPS) is 13.1. The smallest absolute Gasteiger partial charge is 0.0771 e. The number of aliphatic hydroxyl groups excluding tert-OH is 1. The van der Waals surface area contributed by atoms with Gasteiger partial charge in [0.05, 0.1) is 11.6 Å². The Balaban J connectivity index is 2.83. The molecule has 0 bridgehead atoms. The van der Waals surface area contributed by atoms with E-state index in [4.69, 9.17) is 0 Å². The van der Waals surface area contributed by atoms with Gasteiger partial charge in [-0.15, -0.1) is 0 Å². The molecule has 2 rings (SSSR count). The van der Waals surface area contributed by atoms with Crippen LogP contribution in [0.2, 0.25) is 0 Å². The molecule has 0 fully saturated rings. The molecule has 1 N–H and O–H groups in total. The van der Waals surface area contributed by atoms with E-state index >= 15 is 0 Å². The molecular weight excluding hydrogens is 174 g/mol. The molecule has 1 atom stereocenters. The molecule has 1 unspecified atom stereocenters. The van der Waals surface area contributed by atoms with Crippen LogP contribution < -0.4 is 0 Å². The Morgan fingerprint density at radius 3 is 2.79 bits per heavy atom. The summed E-state index contributed by atoms with van der Waals surface area (Å²) >= 11 is 0. The number of hydrogen-bond acceptors (Lipinski definition) is 2. The predicted molar refractivity (Wildman–Crippen MR) is 57.1 cm³/mol. The molecule has 2 aromatic rings.